The summed E-state index contributed by atoms with van der Waals surface area (Å²) >= 11 is 0. The van der Waals surface area contributed by atoms with Crippen LogP contribution in [0.2, 0.25) is 0 Å². The average Bonchev–Trinajstić information content (AvgIpc) is 3.30. The van der Waals surface area contributed by atoms with Crippen LogP contribution in [-0.4, -0.2) is 29.0 Å². The molecule has 2 N–H and O–H groups in total. The summed E-state index contributed by atoms with van der Waals surface area (Å²) in [5, 5.41) is 6.07. The number of nitrogens with one attached hydrogen (secondary N) is 2. The van der Waals surface area contributed by atoms with Gasteiger partial charge in [-0.15, -0.1) is 0 Å². The van der Waals surface area contributed by atoms with Crippen LogP contribution in [0.1, 0.15) is 35.8 Å². The average molecular weight is 387 g/mol. The highest BCUT2D eigenvalue weighted by atomic mass is 16.1. The van der Waals surface area contributed by atoms with Crippen molar-refractivity contribution in [3.8, 4) is 0 Å². The summed E-state index contributed by atoms with van der Waals surface area (Å²) in [5.74, 6) is 0.325. The lowest BCUT2D eigenvalue weighted by Crippen LogP contribution is -2.17. The number of amides is 1. The summed E-state index contributed by atoms with van der Waals surface area (Å²) in [6.07, 6.45) is 6.55. The van der Waals surface area contributed by atoms with E-state index < -0.39 is 0 Å². The molecule has 6 heteroatoms. The lowest BCUT2D eigenvalue weighted by molar-refractivity contribution is 0.102. The second-order valence-electron chi connectivity index (χ2n) is 7.16. The summed E-state index contributed by atoms with van der Waals surface area (Å²) < 4.78 is 0. The first kappa shape index (κ1) is 18.9. The van der Waals surface area contributed by atoms with Gasteiger partial charge in [-0.25, -0.2) is 9.97 Å². The van der Waals surface area contributed by atoms with Crippen molar-refractivity contribution in [2.75, 3.05) is 28.6 Å². The van der Waals surface area contributed by atoms with Gasteiger partial charge in [-0.3, -0.25) is 4.79 Å². The van der Waals surface area contributed by atoms with Crippen molar-refractivity contribution in [1.29, 1.82) is 0 Å². The number of carbonyl (C=O) groups is 1. The third-order valence-electron chi connectivity index (χ3n) is 5.12. The van der Waals surface area contributed by atoms with Gasteiger partial charge in [-0.05, 0) is 61.2 Å². The maximum absolute atomic E-state index is 12.4. The zero-order valence-electron chi connectivity index (χ0n) is 16.6. The van der Waals surface area contributed by atoms with Gasteiger partial charge in [-0.2, -0.15) is 0 Å². The highest BCUT2D eigenvalue weighted by molar-refractivity contribution is 6.02. The van der Waals surface area contributed by atoms with Crippen LogP contribution in [0, 0.1) is 0 Å². The Labute approximate surface area is 171 Å². The molecule has 2 heterocycles. The minimum absolute atomic E-state index is 0.275. The molecule has 1 aliphatic heterocycles. The smallest absolute Gasteiger partial charge is 0.275 e. The number of aromatic nitrogens is 2. The van der Waals surface area contributed by atoms with Crippen LogP contribution in [0.15, 0.2) is 60.9 Å². The molecule has 29 heavy (non-hydrogen) atoms. The minimum Gasteiger partial charge on any atom is -0.372 e. The van der Waals surface area contributed by atoms with E-state index in [0.29, 0.717) is 5.82 Å². The van der Waals surface area contributed by atoms with E-state index in [1.807, 2.05) is 36.4 Å². The third kappa shape index (κ3) is 4.71. The maximum Gasteiger partial charge on any atom is 0.275 e. The van der Waals surface area contributed by atoms with Crippen molar-refractivity contribution in [3.05, 3.63) is 72.2 Å². The van der Waals surface area contributed by atoms with E-state index in [4.69, 9.17) is 0 Å². The highest BCUT2D eigenvalue weighted by Gasteiger charge is 2.12. The topological polar surface area (TPSA) is 70.2 Å². The second kappa shape index (κ2) is 8.73. The van der Waals surface area contributed by atoms with Gasteiger partial charge in [0, 0.05) is 30.2 Å². The van der Waals surface area contributed by atoms with Crippen molar-refractivity contribution in [2.45, 2.75) is 26.2 Å². The number of anilines is 4. The summed E-state index contributed by atoms with van der Waals surface area (Å²) in [6.45, 7) is 4.36. The van der Waals surface area contributed by atoms with Crippen LogP contribution in [-0.2, 0) is 6.42 Å². The molecule has 0 unspecified atom stereocenters. The molecule has 0 radical (unpaired) electrons. The van der Waals surface area contributed by atoms with Crippen molar-refractivity contribution in [2.24, 2.45) is 0 Å². The standard InChI is InChI=1S/C23H25N5O/c1-2-17-5-7-19(8-6-17)27-23(29)21-15-25-22(16-24-21)26-18-9-11-20(12-10-18)28-13-3-4-14-28/h5-12,15-16H,2-4,13-14H2,1H3,(H,25,26)(H,27,29). The fourth-order valence-corrected chi connectivity index (χ4v) is 3.41. The Balaban J connectivity index is 1.36. The van der Waals surface area contributed by atoms with Gasteiger partial charge < -0.3 is 15.5 Å². The van der Waals surface area contributed by atoms with E-state index in [1.165, 1.54) is 30.3 Å². The van der Waals surface area contributed by atoms with Crippen LogP contribution < -0.4 is 15.5 Å². The lowest BCUT2D eigenvalue weighted by Gasteiger charge is -2.17. The first-order valence-corrected chi connectivity index (χ1v) is 10.1. The zero-order chi connectivity index (χ0) is 20.1. The number of nitrogens with zero attached hydrogens (tertiary/aromatic N) is 3. The number of hydrogen-bond acceptors (Lipinski definition) is 5. The molecule has 0 bridgehead atoms. The van der Waals surface area contributed by atoms with Crippen LogP contribution in [0.25, 0.3) is 0 Å². The molecule has 0 saturated carbocycles. The second-order valence-corrected chi connectivity index (χ2v) is 7.16. The molecule has 0 spiro atoms. The van der Waals surface area contributed by atoms with Crippen molar-refractivity contribution in [1.82, 2.24) is 9.97 Å². The Kier molecular flexibility index (Phi) is 5.70. The summed E-state index contributed by atoms with van der Waals surface area (Å²) in [5.41, 5.74) is 4.44. The SMILES string of the molecule is CCc1ccc(NC(=O)c2cnc(Nc3ccc(N4CCCC4)cc3)cn2)cc1. The lowest BCUT2D eigenvalue weighted by atomic mass is 10.1. The van der Waals surface area contributed by atoms with E-state index in [-0.39, 0.29) is 11.6 Å². The maximum atomic E-state index is 12.4. The summed E-state index contributed by atoms with van der Waals surface area (Å²) in [7, 11) is 0. The van der Waals surface area contributed by atoms with E-state index in [0.717, 1.165) is 30.9 Å². The fourth-order valence-electron chi connectivity index (χ4n) is 3.41. The van der Waals surface area contributed by atoms with Crippen LogP contribution in [0.3, 0.4) is 0 Å². The van der Waals surface area contributed by atoms with Crippen LogP contribution >= 0.6 is 0 Å². The number of benzene rings is 2. The predicted octanol–water partition coefficient (Wildman–Crippen LogP) is 4.64. The largest absolute Gasteiger partial charge is 0.372 e. The molecular weight excluding hydrogens is 362 g/mol. The van der Waals surface area contributed by atoms with Gasteiger partial charge >= 0.3 is 0 Å². The number of aryl methyl sites for hydroxylation is 1. The van der Waals surface area contributed by atoms with Gasteiger partial charge in [0.05, 0.1) is 12.4 Å². The molecule has 0 aliphatic carbocycles. The Bertz CT molecular complexity index is 946. The Morgan fingerprint density at radius 1 is 0.931 bits per heavy atom. The van der Waals surface area contributed by atoms with Crippen LogP contribution in [0.4, 0.5) is 22.9 Å². The molecule has 6 nitrogen and oxygen atoms in total. The molecule has 1 fully saturated rings. The Morgan fingerprint density at radius 3 is 2.24 bits per heavy atom. The van der Waals surface area contributed by atoms with Crippen molar-refractivity contribution in [3.63, 3.8) is 0 Å². The van der Waals surface area contributed by atoms with E-state index in [9.17, 15) is 4.79 Å². The monoisotopic (exact) mass is 387 g/mol. The fraction of sp³-hybridized carbons (Fsp3) is 0.261. The van der Waals surface area contributed by atoms with Crippen LogP contribution in [0.5, 0.6) is 0 Å². The minimum atomic E-state index is -0.275. The highest BCUT2D eigenvalue weighted by Crippen LogP contribution is 2.23. The molecule has 1 amide bonds. The third-order valence-corrected chi connectivity index (χ3v) is 5.12. The summed E-state index contributed by atoms with van der Waals surface area (Å²) in [6, 6.07) is 16.1. The van der Waals surface area contributed by atoms with Gasteiger partial charge in [0.1, 0.15) is 11.5 Å². The van der Waals surface area contributed by atoms with E-state index in [2.05, 4.69) is 44.6 Å². The molecule has 1 saturated heterocycles. The van der Waals surface area contributed by atoms with E-state index in [1.54, 1.807) is 6.20 Å². The molecule has 3 aromatic rings. The molecule has 1 aromatic heterocycles. The van der Waals surface area contributed by atoms with Gasteiger partial charge in [0.25, 0.3) is 5.91 Å². The number of hydrogen-bond donors (Lipinski definition) is 2. The van der Waals surface area contributed by atoms with Crippen molar-refractivity contribution >= 4 is 28.8 Å². The molecule has 4 rings (SSSR count). The van der Waals surface area contributed by atoms with Gasteiger partial charge in [-0.1, -0.05) is 19.1 Å². The first-order valence-electron chi connectivity index (χ1n) is 10.1. The number of carbonyl (C=O) groups excluding carboxylic acids is 1. The van der Waals surface area contributed by atoms with Gasteiger partial charge in [0.15, 0.2) is 0 Å². The molecule has 148 valence electrons. The Hall–Kier alpha value is -3.41. The number of rotatable bonds is 6. The molecular formula is C23H25N5O. The first-order chi connectivity index (χ1) is 14.2. The predicted molar refractivity (Wildman–Crippen MR) is 117 cm³/mol. The van der Waals surface area contributed by atoms with Gasteiger partial charge in [0.2, 0.25) is 0 Å². The normalized spacial score (nSPS) is 13.3. The molecule has 0 atom stereocenters. The molecule has 2 aromatic carbocycles. The molecule has 1 aliphatic rings. The van der Waals surface area contributed by atoms with E-state index >= 15 is 0 Å². The summed E-state index contributed by atoms with van der Waals surface area (Å²) in [4.78, 5) is 23.3. The Morgan fingerprint density at radius 2 is 1.62 bits per heavy atom. The zero-order valence-corrected chi connectivity index (χ0v) is 16.6. The van der Waals surface area contributed by atoms with Crippen molar-refractivity contribution < 1.29 is 4.79 Å². The quantitative estimate of drug-likeness (QED) is 0.645.